The van der Waals surface area contributed by atoms with E-state index < -0.39 is 0 Å². The third-order valence-corrected chi connectivity index (χ3v) is 3.71. The quantitative estimate of drug-likeness (QED) is 0.869. The normalized spacial score (nSPS) is 20.2. The maximum atomic E-state index is 6.13. The van der Waals surface area contributed by atoms with Crippen molar-refractivity contribution in [3.63, 3.8) is 0 Å². The maximum absolute atomic E-state index is 6.13. The van der Waals surface area contributed by atoms with E-state index in [1.54, 1.807) is 0 Å². The minimum Gasteiger partial charge on any atom is -0.367 e. The Hall–Kier alpha value is -1.43. The van der Waals surface area contributed by atoms with E-state index in [0.29, 0.717) is 29.8 Å². The molecule has 1 saturated heterocycles. The van der Waals surface area contributed by atoms with Crippen LogP contribution in [0.4, 0.5) is 0 Å². The maximum Gasteiger partial charge on any atom is 0.231 e. The van der Waals surface area contributed by atoms with Crippen molar-refractivity contribution in [1.82, 2.24) is 15.0 Å². The molecular weight excluding hydrogens is 278 g/mol. The molecule has 1 aromatic carbocycles. The summed E-state index contributed by atoms with van der Waals surface area (Å²) in [5.41, 5.74) is 0.978. The summed E-state index contributed by atoms with van der Waals surface area (Å²) >= 11 is 6.13. The molecule has 1 atom stereocenters. The standard InChI is InChI=1S/C14H16ClN3O2/c1-18-6-7-19-12(9-18)14-16-13(20-17-14)8-10-4-2-3-5-11(10)15/h2-5,12H,6-9H2,1H3/t12-/m1/s1. The molecule has 1 aromatic heterocycles. The molecule has 5 nitrogen and oxygen atoms in total. The van der Waals surface area contributed by atoms with Crippen LogP contribution in [0.3, 0.4) is 0 Å². The summed E-state index contributed by atoms with van der Waals surface area (Å²) in [6, 6.07) is 7.65. The zero-order chi connectivity index (χ0) is 13.9. The summed E-state index contributed by atoms with van der Waals surface area (Å²) in [6.07, 6.45) is 0.424. The van der Waals surface area contributed by atoms with Crippen molar-refractivity contribution in [2.75, 3.05) is 26.7 Å². The fourth-order valence-corrected chi connectivity index (χ4v) is 2.41. The molecule has 0 amide bonds. The van der Waals surface area contributed by atoms with Gasteiger partial charge in [0.1, 0.15) is 6.10 Å². The van der Waals surface area contributed by atoms with Crippen LogP contribution in [0, 0.1) is 0 Å². The van der Waals surface area contributed by atoms with Gasteiger partial charge in [-0.3, -0.25) is 0 Å². The second kappa shape index (κ2) is 5.91. The van der Waals surface area contributed by atoms with Crippen molar-refractivity contribution >= 4 is 11.6 Å². The fraction of sp³-hybridized carbons (Fsp3) is 0.429. The van der Waals surface area contributed by atoms with Crippen LogP contribution in [-0.4, -0.2) is 41.8 Å². The Bertz CT molecular complexity index is 587. The first-order valence-electron chi connectivity index (χ1n) is 6.58. The molecule has 0 bridgehead atoms. The van der Waals surface area contributed by atoms with Crippen LogP contribution in [0.15, 0.2) is 28.8 Å². The van der Waals surface area contributed by atoms with Gasteiger partial charge in [-0.1, -0.05) is 35.0 Å². The highest BCUT2D eigenvalue weighted by molar-refractivity contribution is 6.31. The predicted octanol–water partition coefficient (Wildman–Crippen LogP) is 2.32. The predicted molar refractivity (Wildman–Crippen MR) is 74.7 cm³/mol. The first kappa shape index (κ1) is 13.5. The third kappa shape index (κ3) is 3.00. The van der Waals surface area contributed by atoms with E-state index in [9.17, 15) is 0 Å². The number of aromatic nitrogens is 2. The Kier molecular flexibility index (Phi) is 4.00. The Labute approximate surface area is 122 Å². The number of halogens is 1. The number of rotatable bonds is 3. The molecule has 1 aliphatic heterocycles. The van der Waals surface area contributed by atoms with Crippen LogP contribution in [0.5, 0.6) is 0 Å². The minimum atomic E-state index is -0.113. The molecule has 0 unspecified atom stereocenters. The number of nitrogens with zero attached hydrogens (tertiary/aromatic N) is 3. The van der Waals surface area contributed by atoms with Gasteiger partial charge in [0.05, 0.1) is 13.0 Å². The summed E-state index contributed by atoms with van der Waals surface area (Å²) < 4.78 is 11.0. The number of hydrogen-bond acceptors (Lipinski definition) is 5. The fourth-order valence-electron chi connectivity index (χ4n) is 2.21. The molecule has 6 heteroatoms. The Morgan fingerprint density at radius 1 is 1.40 bits per heavy atom. The van der Waals surface area contributed by atoms with E-state index in [1.807, 2.05) is 24.3 Å². The van der Waals surface area contributed by atoms with Crippen molar-refractivity contribution in [1.29, 1.82) is 0 Å². The highest BCUT2D eigenvalue weighted by atomic mass is 35.5. The second-order valence-electron chi connectivity index (χ2n) is 4.94. The van der Waals surface area contributed by atoms with Gasteiger partial charge in [-0.2, -0.15) is 4.98 Å². The first-order valence-corrected chi connectivity index (χ1v) is 6.96. The van der Waals surface area contributed by atoms with Gasteiger partial charge in [-0.05, 0) is 18.7 Å². The molecule has 0 saturated carbocycles. The van der Waals surface area contributed by atoms with Gasteiger partial charge >= 0.3 is 0 Å². The van der Waals surface area contributed by atoms with Crippen molar-refractivity contribution in [2.45, 2.75) is 12.5 Å². The Morgan fingerprint density at radius 2 is 2.25 bits per heavy atom. The van der Waals surface area contributed by atoms with Crippen LogP contribution in [0.2, 0.25) is 5.02 Å². The van der Waals surface area contributed by atoms with Crippen molar-refractivity contribution in [3.05, 3.63) is 46.6 Å². The lowest BCUT2D eigenvalue weighted by Gasteiger charge is -2.27. The van der Waals surface area contributed by atoms with E-state index in [-0.39, 0.29) is 6.10 Å². The molecule has 2 heterocycles. The Balaban J connectivity index is 1.72. The van der Waals surface area contributed by atoms with Crippen LogP contribution < -0.4 is 0 Å². The molecule has 2 aromatic rings. The number of hydrogen-bond donors (Lipinski definition) is 0. The molecule has 1 aliphatic rings. The van der Waals surface area contributed by atoms with Gasteiger partial charge in [0, 0.05) is 18.1 Å². The smallest absolute Gasteiger partial charge is 0.231 e. The second-order valence-corrected chi connectivity index (χ2v) is 5.34. The van der Waals surface area contributed by atoms with Crippen molar-refractivity contribution < 1.29 is 9.26 Å². The van der Waals surface area contributed by atoms with E-state index >= 15 is 0 Å². The lowest BCUT2D eigenvalue weighted by molar-refractivity contribution is -0.0264. The molecular formula is C14H16ClN3O2. The van der Waals surface area contributed by atoms with Gasteiger partial charge in [-0.15, -0.1) is 0 Å². The van der Waals surface area contributed by atoms with Crippen LogP contribution in [-0.2, 0) is 11.2 Å². The number of ether oxygens (including phenoxy) is 1. The zero-order valence-electron chi connectivity index (χ0n) is 11.3. The lowest BCUT2D eigenvalue weighted by atomic mass is 10.1. The van der Waals surface area contributed by atoms with Gasteiger partial charge < -0.3 is 14.2 Å². The summed E-state index contributed by atoms with van der Waals surface area (Å²) in [5.74, 6) is 1.17. The molecule has 0 N–H and O–H groups in total. The van der Waals surface area contributed by atoms with Gasteiger partial charge in [0.15, 0.2) is 0 Å². The van der Waals surface area contributed by atoms with E-state index in [0.717, 1.165) is 18.7 Å². The topological polar surface area (TPSA) is 51.4 Å². The van der Waals surface area contributed by atoms with E-state index in [1.165, 1.54) is 0 Å². The molecule has 20 heavy (non-hydrogen) atoms. The largest absolute Gasteiger partial charge is 0.367 e. The summed E-state index contributed by atoms with van der Waals surface area (Å²) in [4.78, 5) is 6.61. The minimum absolute atomic E-state index is 0.113. The van der Waals surface area contributed by atoms with Crippen LogP contribution in [0.25, 0.3) is 0 Å². The van der Waals surface area contributed by atoms with Crippen molar-refractivity contribution in [3.8, 4) is 0 Å². The average Bonchev–Trinajstić information content (AvgIpc) is 2.90. The molecule has 0 radical (unpaired) electrons. The molecule has 1 fully saturated rings. The number of benzene rings is 1. The first-order chi connectivity index (χ1) is 9.72. The van der Waals surface area contributed by atoms with E-state index in [2.05, 4.69) is 22.1 Å². The van der Waals surface area contributed by atoms with Crippen molar-refractivity contribution in [2.24, 2.45) is 0 Å². The molecule has 3 rings (SSSR count). The van der Waals surface area contributed by atoms with Gasteiger partial charge in [-0.25, -0.2) is 0 Å². The zero-order valence-corrected chi connectivity index (χ0v) is 12.0. The number of likely N-dealkylation sites (N-methyl/N-ethyl adjacent to an activating group) is 1. The van der Waals surface area contributed by atoms with E-state index in [4.69, 9.17) is 20.9 Å². The molecule has 106 valence electrons. The summed E-state index contributed by atoms with van der Waals surface area (Å²) in [7, 11) is 2.06. The van der Waals surface area contributed by atoms with Crippen LogP contribution in [0.1, 0.15) is 23.4 Å². The highest BCUT2D eigenvalue weighted by Crippen LogP contribution is 2.21. The monoisotopic (exact) mass is 293 g/mol. The third-order valence-electron chi connectivity index (χ3n) is 3.34. The highest BCUT2D eigenvalue weighted by Gasteiger charge is 2.24. The lowest BCUT2D eigenvalue weighted by Crippen LogP contribution is -2.35. The SMILES string of the molecule is CN1CCO[C@@H](c2noc(Cc3ccccc3Cl)n2)C1. The average molecular weight is 294 g/mol. The summed E-state index contributed by atoms with van der Waals surface area (Å²) in [6.45, 7) is 2.40. The molecule has 0 aliphatic carbocycles. The van der Waals surface area contributed by atoms with Crippen LogP contribution >= 0.6 is 11.6 Å². The Morgan fingerprint density at radius 3 is 3.05 bits per heavy atom. The molecule has 0 spiro atoms. The summed E-state index contributed by atoms with van der Waals surface area (Å²) in [5, 5.41) is 4.73. The van der Waals surface area contributed by atoms with Gasteiger partial charge in [0.25, 0.3) is 0 Å². The van der Waals surface area contributed by atoms with Gasteiger partial charge in [0.2, 0.25) is 11.7 Å². The number of morpholine rings is 1.